The summed E-state index contributed by atoms with van der Waals surface area (Å²) in [6.45, 7) is 7.04. The number of aromatic nitrogens is 2. The zero-order chi connectivity index (χ0) is 18.5. The molecule has 1 aliphatic heterocycles. The number of benzene rings is 1. The number of rotatable bonds is 5. The molecular formula is C22H31N5. The fourth-order valence-corrected chi connectivity index (χ4v) is 4.51. The molecule has 2 aliphatic rings. The number of aliphatic imine (C=N–C) groups is 1. The summed E-state index contributed by atoms with van der Waals surface area (Å²) in [5.74, 6) is 2.85. The van der Waals surface area contributed by atoms with Crippen LogP contribution in [0.1, 0.15) is 43.7 Å². The number of guanidine groups is 1. The van der Waals surface area contributed by atoms with Crippen LogP contribution in [0.15, 0.2) is 48.0 Å². The van der Waals surface area contributed by atoms with Crippen LogP contribution < -0.4 is 5.32 Å². The summed E-state index contributed by atoms with van der Waals surface area (Å²) in [5, 5.41) is 3.51. The zero-order valence-corrected chi connectivity index (χ0v) is 16.3. The van der Waals surface area contributed by atoms with Gasteiger partial charge in [-0.15, -0.1) is 0 Å². The minimum Gasteiger partial charge on any atom is -0.357 e. The molecule has 0 bridgehead atoms. The first-order chi connectivity index (χ1) is 13.3. The van der Waals surface area contributed by atoms with Crippen molar-refractivity contribution in [2.75, 3.05) is 19.6 Å². The van der Waals surface area contributed by atoms with Crippen molar-refractivity contribution in [1.82, 2.24) is 19.8 Å². The standard InChI is InChI=1S/C22H31N5/c1-2-24-22(27-15-20-5-3-4-6-21(20)16-27)25-13-18-7-9-19(10-8-18)14-26-12-11-23-17-26/h7-12,17,20-21H,2-6,13-16H2,1H3,(H,24,25). The van der Waals surface area contributed by atoms with Crippen LogP contribution >= 0.6 is 0 Å². The highest BCUT2D eigenvalue weighted by Crippen LogP contribution is 2.35. The number of hydrogen-bond donors (Lipinski definition) is 1. The first-order valence-corrected chi connectivity index (χ1v) is 10.4. The van der Waals surface area contributed by atoms with Crippen LogP contribution in [-0.2, 0) is 13.1 Å². The second-order valence-electron chi connectivity index (χ2n) is 7.93. The van der Waals surface area contributed by atoms with Crippen molar-refractivity contribution in [1.29, 1.82) is 0 Å². The molecular weight excluding hydrogens is 334 g/mol. The highest BCUT2D eigenvalue weighted by atomic mass is 15.3. The van der Waals surface area contributed by atoms with E-state index < -0.39 is 0 Å². The number of fused-ring (bicyclic) bond motifs is 1. The number of nitrogens with one attached hydrogen (secondary N) is 1. The van der Waals surface area contributed by atoms with Gasteiger partial charge in [0.2, 0.25) is 0 Å². The Labute approximate surface area is 162 Å². The molecule has 1 aromatic heterocycles. The van der Waals surface area contributed by atoms with Crippen LogP contribution in [0, 0.1) is 11.8 Å². The SMILES string of the molecule is CCNC(=NCc1ccc(Cn2ccnc2)cc1)N1CC2CCCCC2C1. The van der Waals surface area contributed by atoms with E-state index in [1.54, 1.807) is 0 Å². The second-order valence-corrected chi connectivity index (χ2v) is 7.93. The van der Waals surface area contributed by atoms with E-state index in [9.17, 15) is 0 Å². The van der Waals surface area contributed by atoms with Crippen molar-refractivity contribution in [3.63, 3.8) is 0 Å². The Hall–Kier alpha value is -2.30. The molecule has 2 heterocycles. The molecule has 2 fully saturated rings. The molecule has 1 N–H and O–H groups in total. The molecule has 0 radical (unpaired) electrons. The van der Waals surface area contributed by atoms with Gasteiger partial charge < -0.3 is 14.8 Å². The quantitative estimate of drug-likeness (QED) is 0.651. The normalized spacial score (nSPS) is 22.7. The number of nitrogens with zero attached hydrogens (tertiary/aromatic N) is 4. The van der Waals surface area contributed by atoms with Crippen molar-refractivity contribution in [3.8, 4) is 0 Å². The first-order valence-electron chi connectivity index (χ1n) is 10.4. The molecule has 1 saturated carbocycles. The van der Waals surface area contributed by atoms with Crippen molar-refractivity contribution in [2.24, 2.45) is 16.8 Å². The molecule has 5 heteroatoms. The summed E-state index contributed by atoms with van der Waals surface area (Å²) in [6, 6.07) is 8.79. The lowest BCUT2D eigenvalue weighted by Crippen LogP contribution is -2.40. The molecule has 1 aliphatic carbocycles. The molecule has 0 spiro atoms. The Balaban J connectivity index is 1.38. The van der Waals surface area contributed by atoms with Gasteiger partial charge in [-0.05, 0) is 42.7 Å². The monoisotopic (exact) mass is 365 g/mol. The maximum absolute atomic E-state index is 4.95. The predicted octanol–water partition coefficient (Wildman–Crippen LogP) is 3.52. The third-order valence-electron chi connectivity index (χ3n) is 5.97. The summed E-state index contributed by atoms with van der Waals surface area (Å²) in [7, 11) is 0. The van der Waals surface area contributed by atoms with E-state index in [1.165, 1.54) is 49.9 Å². The summed E-state index contributed by atoms with van der Waals surface area (Å²) >= 11 is 0. The zero-order valence-electron chi connectivity index (χ0n) is 16.3. The fraction of sp³-hybridized carbons (Fsp3) is 0.545. The van der Waals surface area contributed by atoms with E-state index in [-0.39, 0.29) is 0 Å². The third-order valence-corrected chi connectivity index (χ3v) is 5.97. The Kier molecular flexibility index (Phi) is 5.75. The maximum atomic E-state index is 4.95. The van der Waals surface area contributed by atoms with Crippen molar-refractivity contribution in [2.45, 2.75) is 45.7 Å². The van der Waals surface area contributed by atoms with Crippen LogP contribution in [0.4, 0.5) is 0 Å². The van der Waals surface area contributed by atoms with Crippen molar-refractivity contribution < 1.29 is 0 Å². The van der Waals surface area contributed by atoms with Crippen LogP contribution in [0.2, 0.25) is 0 Å². The highest BCUT2D eigenvalue weighted by Gasteiger charge is 2.35. The molecule has 144 valence electrons. The molecule has 0 amide bonds. The van der Waals surface area contributed by atoms with Gasteiger partial charge in [0.25, 0.3) is 0 Å². The Bertz CT molecular complexity index is 721. The van der Waals surface area contributed by atoms with Gasteiger partial charge in [-0.25, -0.2) is 9.98 Å². The van der Waals surface area contributed by atoms with E-state index in [0.717, 1.165) is 37.4 Å². The molecule has 2 atom stereocenters. The number of hydrogen-bond acceptors (Lipinski definition) is 2. The minimum atomic E-state index is 0.736. The van der Waals surface area contributed by atoms with E-state index in [2.05, 4.69) is 51.0 Å². The van der Waals surface area contributed by atoms with E-state index >= 15 is 0 Å². The van der Waals surface area contributed by atoms with Gasteiger partial charge in [-0.3, -0.25) is 0 Å². The summed E-state index contributed by atoms with van der Waals surface area (Å²) in [4.78, 5) is 11.5. The van der Waals surface area contributed by atoms with Gasteiger partial charge in [0, 0.05) is 38.6 Å². The molecule has 1 saturated heterocycles. The highest BCUT2D eigenvalue weighted by molar-refractivity contribution is 5.80. The fourth-order valence-electron chi connectivity index (χ4n) is 4.51. The lowest BCUT2D eigenvalue weighted by Gasteiger charge is -2.22. The largest absolute Gasteiger partial charge is 0.357 e. The predicted molar refractivity (Wildman–Crippen MR) is 110 cm³/mol. The van der Waals surface area contributed by atoms with Gasteiger partial charge in [-0.2, -0.15) is 0 Å². The van der Waals surface area contributed by atoms with Gasteiger partial charge in [0.1, 0.15) is 0 Å². The molecule has 2 aromatic rings. The van der Waals surface area contributed by atoms with E-state index in [0.29, 0.717) is 0 Å². The molecule has 1 aromatic carbocycles. The van der Waals surface area contributed by atoms with Gasteiger partial charge >= 0.3 is 0 Å². The molecule has 2 unspecified atom stereocenters. The summed E-state index contributed by atoms with van der Waals surface area (Å²) in [5.41, 5.74) is 2.55. The molecule has 5 nitrogen and oxygen atoms in total. The average molecular weight is 366 g/mol. The average Bonchev–Trinajstić information content (AvgIpc) is 3.35. The van der Waals surface area contributed by atoms with Gasteiger partial charge in [0.15, 0.2) is 5.96 Å². The van der Waals surface area contributed by atoms with Gasteiger partial charge in [0.05, 0.1) is 12.9 Å². The lowest BCUT2D eigenvalue weighted by molar-refractivity contribution is 0.299. The summed E-state index contributed by atoms with van der Waals surface area (Å²) < 4.78 is 2.09. The number of imidazole rings is 1. The molecule has 27 heavy (non-hydrogen) atoms. The Morgan fingerprint density at radius 1 is 1.11 bits per heavy atom. The third kappa shape index (κ3) is 4.52. The van der Waals surface area contributed by atoms with Crippen molar-refractivity contribution >= 4 is 5.96 Å². The second kappa shape index (κ2) is 8.59. The Morgan fingerprint density at radius 2 is 1.81 bits per heavy atom. The Morgan fingerprint density at radius 3 is 2.44 bits per heavy atom. The van der Waals surface area contributed by atoms with Crippen LogP contribution in [0.5, 0.6) is 0 Å². The van der Waals surface area contributed by atoms with E-state index in [1.807, 2.05) is 18.7 Å². The minimum absolute atomic E-state index is 0.736. The topological polar surface area (TPSA) is 45.5 Å². The van der Waals surface area contributed by atoms with Crippen LogP contribution in [-0.4, -0.2) is 40.0 Å². The van der Waals surface area contributed by atoms with Crippen LogP contribution in [0.25, 0.3) is 0 Å². The van der Waals surface area contributed by atoms with E-state index in [4.69, 9.17) is 4.99 Å². The van der Waals surface area contributed by atoms with Crippen LogP contribution in [0.3, 0.4) is 0 Å². The molecule has 4 rings (SSSR count). The number of likely N-dealkylation sites (tertiary alicyclic amines) is 1. The first kappa shape index (κ1) is 18.1. The lowest BCUT2D eigenvalue weighted by atomic mass is 9.82. The smallest absolute Gasteiger partial charge is 0.194 e. The summed E-state index contributed by atoms with van der Waals surface area (Å²) in [6.07, 6.45) is 11.3. The van der Waals surface area contributed by atoms with Crippen molar-refractivity contribution in [3.05, 3.63) is 54.1 Å². The van der Waals surface area contributed by atoms with Gasteiger partial charge in [-0.1, -0.05) is 37.1 Å². The maximum Gasteiger partial charge on any atom is 0.194 e.